The fourth-order valence-corrected chi connectivity index (χ4v) is 5.38. The number of carbonyl (C=O) groups excluding carboxylic acids is 1. The molecule has 4 rings (SSSR count). The van der Waals surface area contributed by atoms with Crippen molar-refractivity contribution < 1.29 is 4.79 Å². The number of fused-ring (bicyclic) bond motifs is 1. The van der Waals surface area contributed by atoms with Crippen molar-refractivity contribution in [2.75, 3.05) is 18.5 Å². The SMILES string of the molecule is CCN1C(=O)/C(=C2/Sc3ccc(Cl)cc3N2C)SC1=Nc1ccccc1. The van der Waals surface area contributed by atoms with Gasteiger partial charge in [-0.2, -0.15) is 0 Å². The van der Waals surface area contributed by atoms with Gasteiger partial charge in [0.15, 0.2) is 5.17 Å². The van der Waals surface area contributed by atoms with Crippen molar-refractivity contribution in [3.63, 3.8) is 0 Å². The molecule has 0 aliphatic carbocycles. The second-order valence-corrected chi connectivity index (χ2v) is 8.23. The first-order valence-electron chi connectivity index (χ1n) is 8.17. The van der Waals surface area contributed by atoms with E-state index in [1.165, 1.54) is 11.8 Å². The molecule has 2 aliphatic heterocycles. The van der Waals surface area contributed by atoms with Crippen LogP contribution in [0.5, 0.6) is 0 Å². The van der Waals surface area contributed by atoms with Crippen molar-refractivity contribution >= 4 is 57.6 Å². The second kappa shape index (κ2) is 7.02. The van der Waals surface area contributed by atoms with E-state index < -0.39 is 0 Å². The Morgan fingerprint density at radius 3 is 2.62 bits per heavy atom. The molecule has 1 saturated heterocycles. The first-order valence-corrected chi connectivity index (χ1v) is 10.2. The summed E-state index contributed by atoms with van der Waals surface area (Å²) in [6.45, 7) is 2.55. The lowest BCUT2D eigenvalue weighted by molar-refractivity contribution is -0.122. The number of rotatable bonds is 2. The lowest BCUT2D eigenvalue weighted by atomic mass is 10.3. The molecule has 2 aromatic rings. The predicted octanol–water partition coefficient (Wildman–Crippen LogP) is 5.33. The molecule has 2 aromatic carbocycles. The first kappa shape index (κ1) is 17.5. The van der Waals surface area contributed by atoms with E-state index in [4.69, 9.17) is 11.6 Å². The summed E-state index contributed by atoms with van der Waals surface area (Å²) in [7, 11) is 1.97. The lowest BCUT2D eigenvalue weighted by Crippen LogP contribution is -2.29. The Balaban J connectivity index is 1.73. The van der Waals surface area contributed by atoms with Gasteiger partial charge in [-0.15, -0.1) is 0 Å². The maximum absolute atomic E-state index is 13.0. The molecule has 26 heavy (non-hydrogen) atoms. The molecule has 2 aliphatic rings. The Morgan fingerprint density at radius 1 is 1.12 bits per heavy atom. The van der Waals surface area contributed by atoms with Gasteiger partial charge in [-0.1, -0.05) is 41.6 Å². The van der Waals surface area contributed by atoms with Crippen molar-refractivity contribution in [2.24, 2.45) is 4.99 Å². The predicted molar refractivity (Wildman–Crippen MR) is 111 cm³/mol. The summed E-state index contributed by atoms with van der Waals surface area (Å²) in [5, 5.41) is 2.33. The number of amidine groups is 1. The van der Waals surface area contributed by atoms with Crippen LogP contribution in [-0.2, 0) is 4.79 Å². The van der Waals surface area contributed by atoms with Crippen molar-refractivity contribution in [1.82, 2.24) is 4.90 Å². The molecule has 0 saturated carbocycles. The van der Waals surface area contributed by atoms with Crippen LogP contribution in [-0.4, -0.2) is 29.6 Å². The van der Waals surface area contributed by atoms with E-state index in [0.717, 1.165) is 21.3 Å². The third-order valence-electron chi connectivity index (χ3n) is 4.15. The minimum Gasteiger partial charge on any atom is -0.337 e. The lowest BCUT2D eigenvalue weighted by Gasteiger charge is -2.15. The van der Waals surface area contributed by atoms with E-state index in [-0.39, 0.29) is 5.91 Å². The quantitative estimate of drug-likeness (QED) is 0.637. The second-order valence-electron chi connectivity index (χ2n) is 5.79. The van der Waals surface area contributed by atoms with Gasteiger partial charge in [0.25, 0.3) is 5.91 Å². The molecule has 2 heterocycles. The summed E-state index contributed by atoms with van der Waals surface area (Å²) in [4.78, 5) is 23.2. The van der Waals surface area contributed by atoms with E-state index >= 15 is 0 Å². The van der Waals surface area contributed by atoms with Gasteiger partial charge in [0, 0.05) is 23.5 Å². The average Bonchev–Trinajstić information content (AvgIpc) is 3.12. The molecule has 1 amide bonds. The number of hydrogen-bond acceptors (Lipinski definition) is 5. The summed E-state index contributed by atoms with van der Waals surface area (Å²) in [6, 6.07) is 15.5. The van der Waals surface area contributed by atoms with E-state index in [0.29, 0.717) is 21.6 Å². The number of halogens is 1. The maximum Gasteiger partial charge on any atom is 0.269 e. The van der Waals surface area contributed by atoms with Gasteiger partial charge in [-0.3, -0.25) is 9.69 Å². The number of amides is 1. The Morgan fingerprint density at radius 2 is 1.88 bits per heavy atom. The Bertz CT molecular complexity index is 943. The van der Waals surface area contributed by atoms with E-state index in [1.54, 1.807) is 16.7 Å². The van der Waals surface area contributed by atoms with E-state index in [9.17, 15) is 4.79 Å². The van der Waals surface area contributed by atoms with Crippen LogP contribution in [0.2, 0.25) is 5.02 Å². The highest BCUT2D eigenvalue weighted by Gasteiger charge is 2.38. The largest absolute Gasteiger partial charge is 0.337 e. The fourth-order valence-electron chi connectivity index (χ4n) is 2.83. The van der Waals surface area contributed by atoms with Crippen molar-refractivity contribution in [3.8, 4) is 0 Å². The number of thioether (sulfide) groups is 2. The van der Waals surface area contributed by atoms with Crippen LogP contribution in [0.1, 0.15) is 6.92 Å². The van der Waals surface area contributed by atoms with Crippen LogP contribution >= 0.6 is 35.1 Å². The average molecular weight is 402 g/mol. The molecule has 0 radical (unpaired) electrons. The molecule has 1 fully saturated rings. The molecule has 0 N–H and O–H groups in total. The van der Waals surface area contributed by atoms with Crippen LogP contribution < -0.4 is 4.90 Å². The summed E-state index contributed by atoms with van der Waals surface area (Å²) in [5.41, 5.74) is 1.87. The standard InChI is InChI=1S/C19H16ClN3OS2/c1-3-23-17(24)16(26-19(23)21-13-7-5-4-6-8-13)18-22(2)14-11-12(20)9-10-15(14)25-18/h4-11H,3H2,1-2H3/b18-16-,21-19?. The zero-order valence-electron chi connectivity index (χ0n) is 14.3. The van der Waals surface area contributed by atoms with Crippen LogP contribution in [0.3, 0.4) is 0 Å². The molecule has 0 aromatic heterocycles. The van der Waals surface area contributed by atoms with Gasteiger partial charge >= 0.3 is 0 Å². The molecule has 4 nitrogen and oxygen atoms in total. The van der Waals surface area contributed by atoms with Crippen molar-refractivity contribution in [3.05, 3.63) is 63.5 Å². The summed E-state index contributed by atoms with van der Waals surface area (Å²) >= 11 is 9.16. The number of carbonyl (C=O) groups is 1. The topological polar surface area (TPSA) is 35.9 Å². The molecule has 7 heteroatoms. The molecular weight excluding hydrogens is 386 g/mol. The van der Waals surface area contributed by atoms with Crippen molar-refractivity contribution in [2.45, 2.75) is 11.8 Å². The maximum atomic E-state index is 13.0. The number of likely N-dealkylation sites (N-methyl/N-ethyl adjacent to an activating group) is 1. The Kier molecular flexibility index (Phi) is 4.73. The summed E-state index contributed by atoms with van der Waals surface area (Å²) in [6.07, 6.45) is 0. The highest BCUT2D eigenvalue weighted by molar-refractivity contribution is 8.19. The number of aliphatic imine (C=N–C) groups is 1. The van der Waals surface area contributed by atoms with Gasteiger partial charge in [-0.25, -0.2) is 4.99 Å². The van der Waals surface area contributed by atoms with E-state index in [1.807, 2.05) is 67.4 Å². The van der Waals surface area contributed by atoms with Gasteiger partial charge in [-0.05, 0) is 49.0 Å². The van der Waals surface area contributed by atoms with Gasteiger partial charge in [0.1, 0.15) is 4.91 Å². The Hall–Kier alpha value is -1.89. The minimum absolute atomic E-state index is 0.000402. The first-order chi connectivity index (χ1) is 12.6. The molecule has 0 unspecified atom stereocenters. The van der Waals surface area contributed by atoms with Crippen LogP contribution in [0.4, 0.5) is 11.4 Å². The van der Waals surface area contributed by atoms with Gasteiger partial charge in [0.2, 0.25) is 0 Å². The number of para-hydroxylation sites is 1. The van der Waals surface area contributed by atoms with Crippen LogP contribution in [0.25, 0.3) is 0 Å². The van der Waals surface area contributed by atoms with Gasteiger partial charge < -0.3 is 4.90 Å². The van der Waals surface area contributed by atoms with E-state index in [2.05, 4.69) is 4.99 Å². The fraction of sp³-hybridized carbons (Fsp3) is 0.158. The zero-order chi connectivity index (χ0) is 18.3. The smallest absolute Gasteiger partial charge is 0.269 e. The third kappa shape index (κ3) is 3.02. The minimum atomic E-state index is 0.000402. The summed E-state index contributed by atoms with van der Waals surface area (Å²) in [5.74, 6) is 0.000402. The molecular formula is C19H16ClN3OS2. The number of anilines is 1. The highest BCUT2D eigenvalue weighted by Crippen LogP contribution is 2.50. The summed E-state index contributed by atoms with van der Waals surface area (Å²) < 4.78 is 0. The van der Waals surface area contributed by atoms with Crippen molar-refractivity contribution in [1.29, 1.82) is 0 Å². The normalized spacial score (nSPS) is 21.0. The zero-order valence-corrected chi connectivity index (χ0v) is 16.7. The van der Waals surface area contributed by atoms with Crippen LogP contribution in [0, 0.1) is 0 Å². The number of hydrogen-bond donors (Lipinski definition) is 0. The molecule has 0 atom stereocenters. The molecule has 132 valence electrons. The molecule has 0 spiro atoms. The monoisotopic (exact) mass is 401 g/mol. The highest BCUT2D eigenvalue weighted by atomic mass is 35.5. The van der Waals surface area contributed by atoms with Gasteiger partial charge in [0.05, 0.1) is 16.4 Å². The number of nitrogens with zero attached hydrogens (tertiary/aromatic N) is 3. The third-order valence-corrected chi connectivity index (χ3v) is 6.82. The number of benzene rings is 2. The van der Waals surface area contributed by atoms with Crippen LogP contribution in [0.15, 0.2) is 68.4 Å². The Labute approximate surface area is 165 Å². The molecule has 0 bridgehead atoms.